The van der Waals surface area contributed by atoms with Gasteiger partial charge in [-0.05, 0) is 0 Å². The van der Waals surface area contributed by atoms with E-state index in [0.29, 0.717) is 6.42 Å². The van der Waals surface area contributed by atoms with Crippen molar-refractivity contribution in [3.05, 3.63) is 12.7 Å². The molecule has 0 saturated carbocycles. The molecule has 0 aromatic heterocycles. The van der Waals surface area contributed by atoms with Crippen LogP contribution < -0.4 is 0 Å². The molecule has 0 rings (SSSR count). The van der Waals surface area contributed by atoms with Gasteiger partial charge >= 0.3 is 14.6 Å². The van der Waals surface area contributed by atoms with Gasteiger partial charge in [0.15, 0.2) is 0 Å². The van der Waals surface area contributed by atoms with E-state index < -0.39 is 20.9 Å². The lowest BCUT2D eigenvalue weighted by Gasteiger charge is -2.19. The zero-order valence-electron chi connectivity index (χ0n) is 8.56. The molecule has 0 aliphatic carbocycles. The van der Waals surface area contributed by atoms with Gasteiger partial charge in [-0.15, -0.1) is 0 Å². The fourth-order valence-electron chi connectivity index (χ4n) is 0.614. The molecular formula is C8H15O5P. The van der Waals surface area contributed by atoms with Crippen molar-refractivity contribution in [2.45, 2.75) is 19.6 Å². The molecule has 0 aliphatic heterocycles. The van der Waals surface area contributed by atoms with Gasteiger partial charge in [0.25, 0.3) is 0 Å². The zero-order chi connectivity index (χ0) is 11.0. The first-order valence-corrected chi connectivity index (χ1v) is 5.15. The molecule has 5 nitrogen and oxygen atoms in total. The van der Waals surface area contributed by atoms with E-state index in [-0.39, 0.29) is 0 Å². The predicted molar refractivity (Wildman–Crippen MR) is 52.4 cm³/mol. The molecule has 0 fully saturated rings. The molecule has 0 aliphatic rings. The lowest BCUT2D eigenvalue weighted by molar-refractivity contribution is -0.158. The van der Waals surface area contributed by atoms with Gasteiger partial charge in [0.2, 0.25) is 6.29 Å². The second-order valence-corrected chi connectivity index (χ2v) is 3.56. The second kappa shape index (κ2) is 7.88. The molecule has 0 amide bonds. The number of carbonyl (C=O) groups excluding carboxylic acids is 1. The summed E-state index contributed by atoms with van der Waals surface area (Å²) < 4.78 is 19.8. The van der Waals surface area contributed by atoms with Crippen LogP contribution in [0.15, 0.2) is 12.7 Å². The van der Waals surface area contributed by atoms with Crippen molar-refractivity contribution < 1.29 is 23.1 Å². The number of hydrogen-bond acceptors (Lipinski definition) is 5. The summed E-state index contributed by atoms with van der Waals surface area (Å²) in [6.07, 6.45) is 0.936. The third-order valence-corrected chi connectivity index (χ3v) is 2.25. The summed E-state index contributed by atoms with van der Waals surface area (Å²) in [6, 6.07) is 0. The highest BCUT2D eigenvalue weighted by Gasteiger charge is 2.18. The average molecular weight is 222 g/mol. The maximum atomic E-state index is 10.8. The third kappa shape index (κ3) is 5.29. The molecule has 0 bridgehead atoms. The maximum absolute atomic E-state index is 10.8. The molecule has 0 aromatic rings. The summed E-state index contributed by atoms with van der Waals surface area (Å²) in [4.78, 5) is 10.8. The van der Waals surface area contributed by atoms with Crippen LogP contribution in [0.3, 0.4) is 0 Å². The first-order valence-electron chi connectivity index (χ1n) is 4.06. The molecule has 0 radical (unpaired) electrons. The molecule has 14 heavy (non-hydrogen) atoms. The molecule has 1 atom stereocenters. The van der Waals surface area contributed by atoms with E-state index in [0.717, 1.165) is 6.08 Å². The average Bonchev–Trinajstić information content (AvgIpc) is 2.23. The summed E-state index contributed by atoms with van der Waals surface area (Å²) in [5.74, 6) is -0.529. The van der Waals surface area contributed by atoms with Crippen molar-refractivity contribution in [3.63, 3.8) is 0 Å². The predicted octanol–water partition coefficient (Wildman–Crippen LogP) is 1.99. The fourth-order valence-corrected chi connectivity index (χ4v) is 1.32. The van der Waals surface area contributed by atoms with Gasteiger partial charge in [-0.1, -0.05) is 13.5 Å². The smallest absolute Gasteiger partial charge is 0.335 e. The first kappa shape index (κ1) is 13.5. The molecule has 6 heteroatoms. The van der Waals surface area contributed by atoms with Crippen molar-refractivity contribution in [1.82, 2.24) is 0 Å². The molecular weight excluding hydrogens is 207 g/mol. The van der Waals surface area contributed by atoms with Crippen LogP contribution in [-0.4, -0.2) is 26.5 Å². The van der Waals surface area contributed by atoms with Gasteiger partial charge in [-0.25, -0.2) is 4.79 Å². The standard InChI is InChI=1S/C8H15O5P/c1-5-7(9)12-8(6-2)13-14(10-3)11-4/h5,8H,1,6H2,2-4H3. The Morgan fingerprint density at radius 3 is 2.43 bits per heavy atom. The molecule has 1 unspecified atom stereocenters. The van der Waals surface area contributed by atoms with Crippen molar-refractivity contribution in [1.29, 1.82) is 0 Å². The Hall–Kier alpha value is -0.480. The van der Waals surface area contributed by atoms with Crippen molar-refractivity contribution >= 4 is 14.6 Å². The number of esters is 1. The normalized spacial score (nSPS) is 12.6. The highest BCUT2D eigenvalue weighted by atomic mass is 31.2. The Bertz CT molecular complexity index is 181. The lowest BCUT2D eigenvalue weighted by Crippen LogP contribution is -2.17. The van der Waals surface area contributed by atoms with Crippen LogP contribution in [-0.2, 0) is 23.1 Å². The third-order valence-electron chi connectivity index (χ3n) is 1.25. The fraction of sp³-hybridized carbons (Fsp3) is 0.625. The Balaban J connectivity index is 4.00. The molecule has 0 N–H and O–H groups in total. The van der Waals surface area contributed by atoms with Gasteiger partial charge in [-0.2, -0.15) is 0 Å². The van der Waals surface area contributed by atoms with Crippen LogP contribution in [0.2, 0.25) is 0 Å². The highest BCUT2D eigenvalue weighted by Crippen LogP contribution is 2.39. The van der Waals surface area contributed by atoms with Crippen LogP contribution in [0.5, 0.6) is 0 Å². The van der Waals surface area contributed by atoms with E-state index in [1.807, 2.05) is 6.92 Å². The minimum absolute atomic E-state index is 0.519. The number of carbonyl (C=O) groups is 1. The Morgan fingerprint density at radius 1 is 1.50 bits per heavy atom. The number of ether oxygens (including phenoxy) is 1. The first-order chi connectivity index (χ1) is 6.67. The van der Waals surface area contributed by atoms with E-state index in [2.05, 4.69) is 6.58 Å². The molecule has 0 spiro atoms. The van der Waals surface area contributed by atoms with Gasteiger partial charge in [0.05, 0.1) is 0 Å². The van der Waals surface area contributed by atoms with Crippen molar-refractivity contribution in [2.24, 2.45) is 0 Å². The number of hydrogen-bond donors (Lipinski definition) is 0. The Kier molecular flexibility index (Phi) is 7.61. The monoisotopic (exact) mass is 222 g/mol. The minimum Gasteiger partial charge on any atom is -0.432 e. The van der Waals surface area contributed by atoms with Crippen molar-refractivity contribution in [3.8, 4) is 0 Å². The number of rotatable bonds is 7. The Labute approximate surface area is 85.0 Å². The quantitative estimate of drug-likeness (QED) is 0.285. The second-order valence-electron chi connectivity index (χ2n) is 2.17. The minimum atomic E-state index is -1.45. The van der Waals surface area contributed by atoms with Crippen LogP contribution in [0.25, 0.3) is 0 Å². The van der Waals surface area contributed by atoms with Crippen LogP contribution in [0.1, 0.15) is 13.3 Å². The molecule has 0 saturated heterocycles. The Morgan fingerprint density at radius 2 is 2.07 bits per heavy atom. The zero-order valence-corrected chi connectivity index (χ0v) is 9.45. The van der Waals surface area contributed by atoms with Gasteiger partial charge < -0.3 is 13.8 Å². The molecule has 82 valence electrons. The van der Waals surface area contributed by atoms with Gasteiger partial charge in [-0.3, -0.25) is 4.52 Å². The van der Waals surface area contributed by atoms with Crippen LogP contribution in [0.4, 0.5) is 0 Å². The topological polar surface area (TPSA) is 54.0 Å². The summed E-state index contributed by atoms with van der Waals surface area (Å²) in [5, 5.41) is 0. The van der Waals surface area contributed by atoms with Gasteiger partial charge in [0, 0.05) is 26.7 Å². The molecule has 0 heterocycles. The van der Waals surface area contributed by atoms with E-state index in [4.69, 9.17) is 18.3 Å². The van der Waals surface area contributed by atoms with E-state index in [9.17, 15) is 4.79 Å². The van der Waals surface area contributed by atoms with E-state index in [1.54, 1.807) is 0 Å². The summed E-state index contributed by atoms with van der Waals surface area (Å²) in [5.41, 5.74) is 0. The maximum Gasteiger partial charge on any atom is 0.335 e. The summed E-state index contributed by atoms with van der Waals surface area (Å²) in [7, 11) is 1.46. The van der Waals surface area contributed by atoms with Gasteiger partial charge in [0.1, 0.15) is 0 Å². The van der Waals surface area contributed by atoms with Crippen LogP contribution in [0, 0.1) is 0 Å². The largest absolute Gasteiger partial charge is 0.432 e. The lowest BCUT2D eigenvalue weighted by atomic mass is 10.5. The highest BCUT2D eigenvalue weighted by molar-refractivity contribution is 7.41. The molecule has 0 aromatic carbocycles. The summed E-state index contributed by atoms with van der Waals surface area (Å²) in [6.45, 7) is 5.10. The SMILES string of the molecule is C=CC(=O)OC(CC)OP(OC)OC. The van der Waals surface area contributed by atoms with E-state index >= 15 is 0 Å². The van der Waals surface area contributed by atoms with Crippen LogP contribution >= 0.6 is 8.60 Å². The summed E-state index contributed by atoms with van der Waals surface area (Å²) >= 11 is 0. The van der Waals surface area contributed by atoms with E-state index in [1.165, 1.54) is 14.2 Å². The van der Waals surface area contributed by atoms with Crippen molar-refractivity contribution in [2.75, 3.05) is 14.2 Å².